The summed E-state index contributed by atoms with van der Waals surface area (Å²) in [5.41, 5.74) is 3.63. The van der Waals surface area contributed by atoms with Gasteiger partial charge in [-0.05, 0) is 60.9 Å². The van der Waals surface area contributed by atoms with Crippen LogP contribution in [0.15, 0.2) is 77.7 Å². The summed E-state index contributed by atoms with van der Waals surface area (Å²) < 4.78 is 40.7. The van der Waals surface area contributed by atoms with Gasteiger partial charge >= 0.3 is 5.97 Å². The molecule has 0 fully saturated rings. The predicted molar refractivity (Wildman–Crippen MR) is 133 cm³/mol. The summed E-state index contributed by atoms with van der Waals surface area (Å²) in [6, 6.07) is 20.5. The number of hydrogen-bond acceptors (Lipinski definition) is 6. The van der Waals surface area contributed by atoms with Crippen LogP contribution in [0.3, 0.4) is 0 Å². The molecule has 1 N–H and O–H groups in total. The lowest BCUT2D eigenvalue weighted by Crippen LogP contribution is -2.42. The van der Waals surface area contributed by atoms with Gasteiger partial charge < -0.3 is 14.0 Å². The molecule has 9 heteroatoms. The highest BCUT2D eigenvalue weighted by Crippen LogP contribution is 2.19. The summed E-state index contributed by atoms with van der Waals surface area (Å²) in [4.78, 5) is 17.0. The van der Waals surface area contributed by atoms with Crippen LogP contribution in [0.25, 0.3) is 11.0 Å². The Kier molecular flexibility index (Phi) is 7.18. The molecule has 0 spiro atoms. The minimum absolute atomic E-state index is 0.0668. The van der Waals surface area contributed by atoms with Crippen LogP contribution in [-0.4, -0.2) is 44.2 Å². The molecule has 0 radical (unpaired) electrons. The summed E-state index contributed by atoms with van der Waals surface area (Å²) >= 11 is 0. The number of nitrogens with one attached hydrogen (secondary N) is 1. The van der Waals surface area contributed by atoms with E-state index in [0.29, 0.717) is 12.3 Å². The molecule has 3 aromatic carbocycles. The van der Waals surface area contributed by atoms with E-state index in [-0.39, 0.29) is 11.3 Å². The van der Waals surface area contributed by atoms with Crippen LogP contribution in [0.1, 0.15) is 17.0 Å². The van der Waals surface area contributed by atoms with Crippen molar-refractivity contribution < 1.29 is 22.7 Å². The van der Waals surface area contributed by atoms with Gasteiger partial charge in [0.25, 0.3) is 0 Å². The maximum Gasteiger partial charge on any atom is 0.324 e. The molecule has 4 aromatic rings. The Balaban J connectivity index is 1.51. The lowest BCUT2D eigenvalue weighted by molar-refractivity contribution is -0.142. The monoisotopic (exact) mass is 493 g/mol. The average Bonchev–Trinajstić information content (AvgIpc) is 3.18. The molecule has 0 aliphatic heterocycles. The van der Waals surface area contributed by atoms with E-state index < -0.39 is 22.0 Å². The van der Waals surface area contributed by atoms with Crippen LogP contribution >= 0.6 is 0 Å². The number of nitrogens with zero attached hydrogens (tertiary/aromatic N) is 2. The van der Waals surface area contributed by atoms with Gasteiger partial charge in [0.05, 0.1) is 30.1 Å². The van der Waals surface area contributed by atoms with E-state index in [1.165, 1.54) is 19.2 Å². The first-order valence-corrected chi connectivity index (χ1v) is 12.5. The molecule has 182 valence electrons. The fourth-order valence-electron chi connectivity index (χ4n) is 3.92. The Hall–Kier alpha value is -3.69. The Morgan fingerprint density at radius 3 is 2.29 bits per heavy atom. The summed E-state index contributed by atoms with van der Waals surface area (Å²) in [5, 5.41) is 0. The Morgan fingerprint density at radius 2 is 1.63 bits per heavy atom. The standard InChI is InChI=1S/C26H27N3O5S/c1-18-27-23-6-4-5-7-25(23)29(18)17-20-10-14-22(15-11-20)35(31,32)28-24(26(30)34-3)16-19-8-12-21(33-2)13-9-19/h4-15,24,28H,16-17H2,1-3H3/t24-/m0/s1. The zero-order chi connectivity index (χ0) is 25.0. The molecule has 35 heavy (non-hydrogen) atoms. The molecule has 0 aliphatic carbocycles. The van der Waals surface area contributed by atoms with Gasteiger partial charge in [-0.15, -0.1) is 0 Å². The van der Waals surface area contributed by atoms with E-state index in [4.69, 9.17) is 9.47 Å². The van der Waals surface area contributed by atoms with Crippen molar-refractivity contribution in [3.05, 3.63) is 89.7 Å². The van der Waals surface area contributed by atoms with Crippen molar-refractivity contribution in [3.8, 4) is 5.75 Å². The highest BCUT2D eigenvalue weighted by molar-refractivity contribution is 7.89. The lowest BCUT2D eigenvalue weighted by Gasteiger charge is -2.17. The summed E-state index contributed by atoms with van der Waals surface area (Å²) in [7, 11) is -1.17. The van der Waals surface area contributed by atoms with Gasteiger partial charge in [0.15, 0.2) is 0 Å². The van der Waals surface area contributed by atoms with Crippen LogP contribution in [0.2, 0.25) is 0 Å². The number of imidazole rings is 1. The molecule has 8 nitrogen and oxygen atoms in total. The van der Waals surface area contributed by atoms with Crippen LogP contribution in [0.5, 0.6) is 5.75 Å². The van der Waals surface area contributed by atoms with Crippen molar-refractivity contribution in [1.82, 2.24) is 14.3 Å². The number of carbonyl (C=O) groups excluding carboxylic acids is 1. The third-order valence-corrected chi connectivity index (χ3v) is 7.29. The third kappa shape index (κ3) is 5.52. The molecule has 1 atom stereocenters. The summed E-state index contributed by atoms with van der Waals surface area (Å²) in [6.07, 6.45) is 0.140. The molecule has 4 rings (SSSR count). The minimum atomic E-state index is -3.96. The number of methoxy groups -OCH3 is 2. The van der Waals surface area contributed by atoms with Crippen LogP contribution in [-0.2, 0) is 32.5 Å². The second-order valence-electron chi connectivity index (χ2n) is 8.13. The van der Waals surface area contributed by atoms with Crippen molar-refractivity contribution in [1.29, 1.82) is 0 Å². The number of rotatable bonds is 9. The van der Waals surface area contributed by atoms with Crippen molar-refractivity contribution in [2.45, 2.75) is 30.8 Å². The normalized spacial score (nSPS) is 12.4. The number of fused-ring (bicyclic) bond motifs is 1. The Bertz CT molecular complexity index is 1430. The maximum absolute atomic E-state index is 13.1. The summed E-state index contributed by atoms with van der Waals surface area (Å²) in [6.45, 7) is 2.50. The molecule has 1 aromatic heterocycles. The number of hydrogen-bond donors (Lipinski definition) is 1. The lowest BCUT2D eigenvalue weighted by atomic mass is 10.1. The smallest absolute Gasteiger partial charge is 0.324 e. The molecular weight excluding hydrogens is 466 g/mol. The van der Waals surface area contributed by atoms with E-state index in [0.717, 1.165) is 28.0 Å². The highest BCUT2D eigenvalue weighted by atomic mass is 32.2. The van der Waals surface area contributed by atoms with E-state index in [2.05, 4.69) is 14.3 Å². The number of aryl methyl sites for hydroxylation is 1. The van der Waals surface area contributed by atoms with Crippen LogP contribution in [0.4, 0.5) is 0 Å². The Labute approximate surface area is 204 Å². The molecule has 0 bridgehead atoms. The molecule has 1 heterocycles. The van der Waals surface area contributed by atoms with Crippen molar-refractivity contribution in [3.63, 3.8) is 0 Å². The molecular formula is C26H27N3O5S. The highest BCUT2D eigenvalue weighted by Gasteiger charge is 2.27. The summed E-state index contributed by atoms with van der Waals surface area (Å²) in [5.74, 6) is 0.885. The van der Waals surface area contributed by atoms with Gasteiger partial charge in [0, 0.05) is 6.54 Å². The molecule has 0 saturated heterocycles. The number of ether oxygens (including phenoxy) is 2. The third-order valence-electron chi connectivity index (χ3n) is 5.80. The van der Waals surface area contributed by atoms with E-state index in [9.17, 15) is 13.2 Å². The number of esters is 1. The van der Waals surface area contributed by atoms with E-state index in [1.807, 2.05) is 31.2 Å². The molecule has 0 unspecified atom stereocenters. The first kappa shape index (κ1) is 24.4. The number of sulfonamides is 1. The number of aromatic nitrogens is 2. The van der Waals surface area contributed by atoms with Gasteiger partial charge in [0.1, 0.15) is 17.6 Å². The van der Waals surface area contributed by atoms with Gasteiger partial charge in [-0.2, -0.15) is 4.72 Å². The zero-order valence-corrected chi connectivity index (χ0v) is 20.6. The number of benzene rings is 3. The van der Waals surface area contributed by atoms with Crippen LogP contribution < -0.4 is 9.46 Å². The SMILES string of the molecule is COC(=O)[C@H](Cc1ccc(OC)cc1)NS(=O)(=O)c1ccc(Cn2c(C)nc3ccccc32)cc1. The molecule has 0 saturated carbocycles. The minimum Gasteiger partial charge on any atom is -0.497 e. The number of para-hydroxylation sites is 2. The van der Waals surface area contributed by atoms with Crippen LogP contribution in [0, 0.1) is 6.92 Å². The van der Waals surface area contributed by atoms with E-state index in [1.54, 1.807) is 43.5 Å². The van der Waals surface area contributed by atoms with Gasteiger partial charge in [-0.1, -0.05) is 36.4 Å². The maximum atomic E-state index is 13.1. The van der Waals surface area contributed by atoms with Crippen molar-refractivity contribution in [2.75, 3.05) is 14.2 Å². The molecule has 0 amide bonds. The van der Waals surface area contributed by atoms with Crippen molar-refractivity contribution >= 4 is 27.0 Å². The Morgan fingerprint density at radius 1 is 0.971 bits per heavy atom. The second-order valence-corrected chi connectivity index (χ2v) is 9.84. The molecule has 0 aliphatic rings. The van der Waals surface area contributed by atoms with E-state index >= 15 is 0 Å². The zero-order valence-electron chi connectivity index (χ0n) is 19.8. The van der Waals surface area contributed by atoms with Gasteiger partial charge in [-0.3, -0.25) is 4.79 Å². The quantitative estimate of drug-likeness (QED) is 0.359. The topological polar surface area (TPSA) is 99.5 Å². The average molecular weight is 494 g/mol. The van der Waals surface area contributed by atoms with Gasteiger partial charge in [-0.25, -0.2) is 13.4 Å². The first-order valence-electron chi connectivity index (χ1n) is 11.0. The predicted octanol–water partition coefficient (Wildman–Crippen LogP) is 3.46. The second kappa shape index (κ2) is 10.3. The van der Waals surface area contributed by atoms with Gasteiger partial charge in [0.2, 0.25) is 10.0 Å². The van der Waals surface area contributed by atoms with Crippen molar-refractivity contribution in [2.24, 2.45) is 0 Å². The fraction of sp³-hybridized carbons (Fsp3) is 0.231. The fourth-order valence-corrected chi connectivity index (χ4v) is 5.10. The first-order chi connectivity index (χ1) is 16.8. The largest absolute Gasteiger partial charge is 0.497 e. The number of carbonyl (C=O) groups is 1.